The Morgan fingerprint density at radius 1 is 1.47 bits per heavy atom. The summed E-state index contributed by atoms with van der Waals surface area (Å²) in [5, 5.41) is 8.96. The summed E-state index contributed by atoms with van der Waals surface area (Å²) in [5.41, 5.74) is 0.610. The minimum atomic E-state index is 0.610. The highest BCUT2D eigenvalue weighted by atomic mass is 32.1. The van der Waals surface area contributed by atoms with Crippen molar-refractivity contribution in [2.45, 2.75) is 32.7 Å². The summed E-state index contributed by atoms with van der Waals surface area (Å²) in [6.45, 7) is 3.15. The molecule has 15 heavy (non-hydrogen) atoms. The number of aromatic nitrogens is 2. The van der Waals surface area contributed by atoms with E-state index >= 15 is 0 Å². The first kappa shape index (κ1) is 10.4. The first-order valence-corrected chi connectivity index (χ1v) is 6.09. The number of nitrogens with zero attached hydrogens (tertiary/aromatic N) is 2. The SMILES string of the molecule is CCCCCn1sc2ncccc2c1=N. The summed E-state index contributed by atoms with van der Waals surface area (Å²) in [6, 6.07) is 3.86. The van der Waals surface area contributed by atoms with Gasteiger partial charge >= 0.3 is 0 Å². The molecule has 0 bridgehead atoms. The van der Waals surface area contributed by atoms with Gasteiger partial charge in [-0.2, -0.15) is 0 Å². The zero-order valence-corrected chi connectivity index (χ0v) is 9.68. The fraction of sp³-hybridized carbons (Fsp3) is 0.455. The molecule has 1 N–H and O–H groups in total. The highest BCUT2D eigenvalue weighted by Crippen LogP contribution is 2.13. The van der Waals surface area contributed by atoms with Gasteiger partial charge in [-0.1, -0.05) is 19.8 Å². The quantitative estimate of drug-likeness (QED) is 0.792. The van der Waals surface area contributed by atoms with Crippen LogP contribution < -0.4 is 5.49 Å². The molecule has 4 heteroatoms. The maximum atomic E-state index is 7.99. The van der Waals surface area contributed by atoms with E-state index in [1.54, 1.807) is 17.7 Å². The smallest absolute Gasteiger partial charge is 0.144 e. The third kappa shape index (κ3) is 2.09. The molecule has 2 aromatic rings. The van der Waals surface area contributed by atoms with Crippen LogP contribution in [0, 0.1) is 5.41 Å². The number of nitrogens with one attached hydrogen (secondary N) is 1. The van der Waals surface area contributed by atoms with Gasteiger partial charge in [-0.15, -0.1) is 0 Å². The predicted molar refractivity (Wildman–Crippen MR) is 63.0 cm³/mol. The van der Waals surface area contributed by atoms with Crippen molar-refractivity contribution in [3.8, 4) is 0 Å². The van der Waals surface area contributed by atoms with Crippen LogP contribution in [-0.4, -0.2) is 8.94 Å². The zero-order valence-electron chi connectivity index (χ0n) is 8.86. The fourth-order valence-electron chi connectivity index (χ4n) is 1.59. The van der Waals surface area contributed by atoms with E-state index in [0.717, 1.165) is 23.2 Å². The minimum absolute atomic E-state index is 0.610. The lowest BCUT2D eigenvalue weighted by atomic mass is 10.2. The summed E-state index contributed by atoms with van der Waals surface area (Å²) in [5.74, 6) is 0. The fourth-order valence-corrected chi connectivity index (χ4v) is 2.58. The summed E-state index contributed by atoms with van der Waals surface area (Å²) in [6.07, 6.45) is 5.39. The van der Waals surface area contributed by atoms with Crippen LogP contribution in [0.4, 0.5) is 0 Å². The van der Waals surface area contributed by atoms with E-state index in [1.807, 2.05) is 16.1 Å². The van der Waals surface area contributed by atoms with Crippen LogP contribution in [-0.2, 0) is 6.54 Å². The lowest BCUT2D eigenvalue weighted by Gasteiger charge is -1.98. The van der Waals surface area contributed by atoms with Gasteiger partial charge in [0, 0.05) is 12.7 Å². The van der Waals surface area contributed by atoms with Crippen molar-refractivity contribution in [1.82, 2.24) is 8.94 Å². The molecule has 0 spiro atoms. The molecule has 80 valence electrons. The van der Waals surface area contributed by atoms with Gasteiger partial charge in [-0.25, -0.2) is 4.98 Å². The van der Waals surface area contributed by atoms with Gasteiger partial charge in [0.1, 0.15) is 10.3 Å². The van der Waals surface area contributed by atoms with Crippen LogP contribution >= 0.6 is 11.5 Å². The normalized spacial score (nSPS) is 11.0. The highest BCUT2D eigenvalue weighted by molar-refractivity contribution is 7.13. The Balaban J connectivity index is 2.28. The third-order valence-corrected chi connectivity index (χ3v) is 3.52. The molecule has 0 unspecified atom stereocenters. The molecule has 0 amide bonds. The topological polar surface area (TPSA) is 41.7 Å². The van der Waals surface area contributed by atoms with Gasteiger partial charge in [0.25, 0.3) is 0 Å². The monoisotopic (exact) mass is 221 g/mol. The lowest BCUT2D eigenvalue weighted by Crippen LogP contribution is -2.13. The molecule has 0 fully saturated rings. The van der Waals surface area contributed by atoms with Gasteiger partial charge in [0.2, 0.25) is 0 Å². The summed E-state index contributed by atoms with van der Waals surface area (Å²) in [4.78, 5) is 5.24. The van der Waals surface area contributed by atoms with Crippen molar-refractivity contribution >= 4 is 21.7 Å². The van der Waals surface area contributed by atoms with E-state index in [1.165, 1.54) is 12.8 Å². The lowest BCUT2D eigenvalue weighted by molar-refractivity contribution is 0.617. The van der Waals surface area contributed by atoms with Crippen LogP contribution in [0.3, 0.4) is 0 Å². The number of rotatable bonds is 4. The number of fused-ring (bicyclic) bond motifs is 1. The second kappa shape index (κ2) is 4.57. The Morgan fingerprint density at radius 2 is 2.33 bits per heavy atom. The Hall–Kier alpha value is -1.16. The maximum absolute atomic E-state index is 7.99. The first-order chi connectivity index (χ1) is 7.33. The molecule has 2 heterocycles. The molecule has 2 aromatic heterocycles. The standard InChI is InChI=1S/C11H15N3S/c1-2-3-4-8-14-10(12)9-6-5-7-13-11(9)15-14/h5-7,12H,2-4,8H2,1H3. The summed E-state index contributed by atoms with van der Waals surface area (Å²) in [7, 11) is 0. The van der Waals surface area contributed by atoms with Crippen molar-refractivity contribution in [2.24, 2.45) is 0 Å². The van der Waals surface area contributed by atoms with Crippen molar-refractivity contribution < 1.29 is 0 Å². The minimum Gasteiger partial charge on any atom is -0.283 e. The van der Waals surface area contributed by atoms with Crippen LogP contribution in [0.2, 0.25) is 0 Å². The molecule has 0 atom stereocenters. The highest BCUT2D eigenvalue weighted by Gasteiger charge is 2.03. The van der Waals surface area contributed by atoms with Crippen LogP contribution in [0.5, 0.6) is 0 Å². The number of hydrogen-bond acceptors (Lipinski definition) is 3. The van der Waals surface area contributed by atoms with Crippen molar-refractivity contribution in [3.63, 3.8) is 0 Å². The van der Waals surface area contributed by atoms with Crippen LogP contribution in [0.1, 0.15) is 26.2 Å². The Bertz CT molecular complexity index is 498. The number of hydrogen-bond donors (Lipinski definition) is 1. The molecule has 0 aliphatic heterocycles. The van der Waals surface area contributed by atoms with Crippen molar-refractivity contribution in [2.75, 3.05) is 0 Å². The summed E-state index contributed by atoms with van der Waals surface area (Å²) < 4.78 is 2.04. The average Bonchev–Trinajstić information content (AvgIpc) is 2.57. The molecular weight excluding hydrogens is 206 g/mol. The van der Waals surface area contributed by atoms with E-state index in [4.69, 9.17) is 5.41 Å². The molecule has 0 saturated heterocycles. The second-order valence-corrected chi connectivity index (χ2v) is 4.62. The molecular formula is C11H15N3S. The number of aryl methyl sites for hydroxylation is 1. The van der Waals surface area contributed by atoms with Gasteiger partial charge in [-0.3, -0.25) is 9.37 Å². The maximum Gasteiger partial charge on any atom is 0.144 e. The molecule has 3 nitrogen and oxygen atoms in total. The number of pyridine rings is 1. The molecule has 2 rings (SSSR count). The summed E-state index contributed by atoms with van der Waals surface area (Å²) >= 11 is 1.59. The van der Waals surface area contributed by atoms with E-state index in [0.29, 0.717) is 5.49 Å². The Kier molecular flexibility index (Phi) is 3.16. The third-order valence-electron chi connectivity index (χ3n) is 2.44. The van der Waals surface area contributed by atoms with E-state index in [9.17, 15) is 0 Å². The van der Waals surface area contributed by atoms with Gasteiger partial charge in [0.15, 0.2) is 0 Å². The Morgan fingerprint density at radius 3 is 3.07 bits per heavy atom. The second-order valence-electron chi connectivity index (χ2n) is 3.61. The largest absolute Gasteiger partial charge is 0.283 e. The molecule has 0 radical (unpaired) electrons. The molecule has 0 saturated carbocycles. The van der Waals surface area contributed by atoms with Gasteiger partial charge < -0.3 is 0 Å². The van der Waals surface area contributed by atoms with Crippen LogP contribution in [0.25, 0.3) is 10.2 Å². The van der Waals surface area contributed by atoms with Crippen molar-refractivity contribution in [3.05, 3.63) is 23.8 Å². The Labute approximate surface area is 93.1 Å². The average molecular weight is 221 g/mol. The van der Waals surface area contributed by atoms with E-state index in [-0.39, 0.29) is 0 Å². The first-order valence-electron chi connectivity index (χ1n) is 5.32. The zero-order chi connectivity index (χ0) is 10.7. The van der Waals surface area contributed by atoms with Crippen molar-refractivity contribution in [1.29, 1.82) is 5.41 Å². The molecule has 0 aliphatic rings. The van der Waals surface area contributed by atoms with Gasteiger partial charge in [0.05, 0.1) is 5.39 Å². The predicted octanol–water partition coefficient (Wildman–Crippen LogP) is 2.77. The molecule has 0 aromatic carbocycles. The van der Waals surface area contributed by atoms with Crippen LogP contribution in [0.15, 0.2) is 18.3 Å². The molecule has 0 aliphatic carbocycles. The number of unbranched alkanes of at least 4 members (excludes halogenated alkanes) is 2. The van der Waals surface area contributed by atoms with E-state index < -0.39 is 0 Å². The van der Waals surface area contributed by atoms with E-state index in [2.05, 4.69) is 11.9 Å². The van der Waals surface area contributed by atoms with Gasteiger partial charge in [-0.05, 0) is 30.1 Å².